The second kappa shape index (κ2) is 4.43. The van der Waals surface area contributed by atoms with Gasteiger partial charge in [0.2, 0.25) is 0 Å². The summed E-state index contributed by atoms with van der Waals surface area (Å²) in [5, 5.41) is 14.9. The highest BCUT2D eigenvalue weighted by molar-refractivity contribution is 5.86. The standard InChI is InChI=1S/C13H15NO/c1-14-8-13-11(9-15)7-6-10-4-2-3-5-12(10)13/h2-7,14-15H,8-9H2,1H3. The molecular weight excluding hydrogens is 186 g/mol. The molecule has 2 aromatic carbocycles. The third-order valence-corrected chi connectivity index (χ3v) is 2.66. The van der Waals surface area contributed by atoms with Crippen molar-refractivity contribution in [2.75, 3.05) is 7.05 Å². The molecule has 2 aromatic rings. The number of rotatable bonds is 3. The van der Waals surface area contributed by atoms with Crippen LogP contribution in [0, 0.1) is 0 Å². The van der Waals surface area contributed by atoms with E-state index in [-0.39, 0.29) is 6.61 Å². The zero-order chi connectivity index (χ0) is 10.7. The van der Waals surface area contributed by atoms with E-state index in [0.29, 0.717) is 0 Å². The largest absolute Gasteiger partial charge is 0.392 e. The quantitative estimate of drug-likeness (QED) is 0.796. The van der Waals surface area contributed by atoms with Crippen LogP contribution >= 0.6 is 0 Å². The van der Waals surface area contributed by atoms with E-state index in [2.05, 4.69) is 23.5 Å². The molecule has 78 valence electrons. The van der Waals surface area contributed by atoms with Crippen LogP contribution in [0.25, 0.3) is 10.8 Å². The Bertz CT molecular complexity index is 465. The van der Waals surface area contributed by atoms with E-state index in [0.717, 1.165) is 12.1 Å². The topological polar surface area (TPSA) is 32.3 Å². The van der Waals surface area contributed by atoms with Crippen LogP contribution in [0.15, 0.2) is 36.4 Å². The van der Waals surface area contributed by atoms with Crippen LogP contribution in [0.4, 0.5) is 0 Å². The molecular formula is C13H15NO. The Morgan fingerprint density at radius 1 is 1.13 bits per heavy atom. The highest BCUT2D eigenvalue weighted by Crippen LogP contribution is 2.22. The van der Waals surface area contributed by atoms with Crippen molar-refractivity contribution < 1.29 is 5.11 Å². The minimum absolute atomic E-state index is 0.0991. The Labute approximate surface area is 89.6 Å². The first-order chi connectivity index (χ1) is 7.36. The molecule has 2 N–H and O–H groups in total. The summed E-state index contributed by atoms with van der Waals surface area (Å²) in [6, 6.07) is 12.3. The first kappa shape index (κ1) is 10.1. The van der Waals surface area contributed by atoms with Gasteiger partial charge in [0, 0.05) is 6.54 Å². The normalized spacial score (nSPS) is 10.8. The fraction of sp³-hybridized carbons (Fsp3) is 0.231. The molecule has 0 heterocycles. The zero-order valence-corrected chi connectivity index (χ0v) is 8.83. The van der Waals surface area contributed by atoms with Crippen LogP contribution in [0.3, 0.4) is 0 Å². The summed E-state index contributed by atoms with van der Waals surface area (Å²) in [5.41, 5.74) is 2.20. The summed E-state index contributed by atoms with van der Waals surface area (Å²) in [7, 11) is 1.92. The smallest absolute Gasteiger partial charge is 0.0685 e. The van der Waals surface area contributed by atoms with Crippen LogP contribution in [0.2, 0.25) is 0 Å². The minimum Gasteiger partial charge on any atom is -0.392 e. The van der Waals surface area contributed by atoms with Crippen LogP contribution < -0.4 is 5.32 Å². The number of fused-ring (bicyclic) bond motifs is 1. The van der Waals surface area contributed by atoms with Gasteiger partial charge in [0.15, 0.2) is 0 Å². The molecule has 0 bridgehead atoms. The molecule has 0 spiro atoms. The molecule has 2 nitrogen and oxygen atoms in total. The van der Waals surface area contributed by atoms with Gasteiger partial charge in [-0.25, -0.2) is 0 Å². The van der Waals surface area contributed by atoms with Crippen LogP contribution in [0.1, 0.15) is 11.1 Å². The molecule has 0 saturated carbocycles. The average Bonchev–Trinajstić information content (AvgIpc) is 2.30. The fourth-order valence-corrected chi connectivity index (χ4v) is 1.91. The molecule has 0 radical (unpaired) electrons. The molecule has 0 unspecified atom stereocenters. The van der Waals surface area contributed by atoms with E-state index in [1.165, 1.54) is 16.3 Å². The van der Waals surface area contributed by atoms with Gasteiger partial charge in [-0.15, -0.1) is 0 Å². The third kappa shape index (κ3) is 1.87. The van der Waals surface area contributed by atoms with Crippen molar-refractivity contribution in [3.8, 4) is 0 Å². The highest BCUT2D eigenvalue weighted by atomic mass is 16.3. The van der Waals surface area contributed by atoms with Gasteiger partial charge >= 0.3 is 0 Å². The summed E-state index contributed by atoms with van der Waals surface area (Å²) < 4.78 is 0. The van der Waals surface area contributed by atoms with E-state index in [9.17, 15) is 5.11 Å². The Morgan fingerprint density at radius 2 is 1.93 bits per heavy atom. The lowest BCUT2D eigenvalue weighted by atomic mass is 9.99. The van der Waals surface area contributed by atoms with Crippen LogP contribution in [-0.4, -0.2) is 12.2 Å². The van der Waals surface area contributed by atoms with E-state index < -0.39 is 0 Å². The van der Waals surface area contributed by atoms with Crippen molar-refractivity contribution in [1.82, 2.24) is 5.32 Å². The molecule has 0 aliphatic rings. The number of aliphatic hydroxyl groups excluding tert-OH is 1. The summed E-state index contributed by atoms with van der Waals surface area (Å²) in [5.74, 6) is 0. The van der Waals surface area contributed by atoms with E-state index in [1.54, 1.807) is 0 Å². The lowest BCUT2D eigenvalue weighted by Crippen LogP contribution is -2.08. The molecule has 0 fully saturated rings. The third-order valence-electron chi connectivity index (χ3n) is 2.66. The first-order valence-electron chi connectivity index (χ1n) is 5.11. The maximum absolute atomic E-state index is 9.28. The summed E-state index contributed by atoms with van der Waals surface area (Å²) in [6.45, 7) is 0.888. The molecule has 0 aliphatic carbocycles. The predicted octanol–water partition coefficient (Wildman–Crippen LogP) is 2.05. The van der Waals surface area contributed by atoms with Crippen molar-refractivity contribution >= 4 is 10.8 Å². The van der Waals surface area contributed by atoms with Gasteiger partial charge in [0.25, 0.3) is 0 Å². The minimum atomic E-state index is 0.0991. The fourth-order valence-electron chi connectivity index (χ4n) is 1.91. The van der Waals surface area contributed by atoms with Crippen molar-refractivity contribution in [2.24, 2.45) is 0 Å². The Morgan fingerprint density at radius 3 is 2.67 bits per heavy atom. The van der Waals surface area contributed by atoms with Crippen molar-refractivity contribution in [3.05, 3.63) is 47.5 Å². The second-order valence-electron chi connectivity index (χ2n) is 3.61. The average molecular weight is 201 g/mol. The molecule has 0 aromatic heterocycles. The maximum atomic E-state index is 9.28. The van der Waals surface area contributed by atoms with Crippen molar-refractivity contribution in [2.45, 2.75) is 13.2 Å². The lowest BCUT2D eigenvalue weighted by molar-refractivity contribution is 0.280. The van der Waals surface area contributed by atoms with E-state index in [4.69, 9.17) is 0 Å². The number of benzene rings is 2. The van der Waals surface area contributed by atoms with E-state index >= 15 is 0 Å². The predicted molar refractivity (Wildman–Crippen MR) is 62.6 cm³/mol. The molecule has 2 heteroatoms. The molecule has 2 rings (SSSR count). The second-order valence-corrected chi connectivity index (χ2v) is 3.61. The Hall–Kier alpha value is -1.38. The number of aliphatic hydroxyl groups is 1. The zero-order valence-electron chi connectivity index (χ0n) is 8.83. The molecule has 0 saturated heterocycles. The van der Waals surface area contributed by atoms with Gasteiger partial charge in [0.1, 0.15) is 0 Å². The summed E-state index contributed by atoms with van der Waals surface area (Å²) >= 11 is 0. The van der Waals surface area contributed by atoms with Gasteiger partial charge in [-0.3, -0.25) is 0 Å². The number of nitrogens with one attached hydrogen (secondary N) is 1. The van der Waals surface area contributed by atoms with Gasteiger partial charge in [-0.1, -0.05) is 36.4 Å². The molecule has 15 heavy (non-hydrogen) atoms. The van der Waals surface area contributed by atoms with Gasteiger partial charge in [0.05, 0.1) is 6.61 Å². The van der Waals surface area contributed by atoms with Gasteiger partial charge in [-0.05, 0) is 28.9 Å². The van der Waals surface area contributed by atoms with Crippen LogP contribution in [0.5, 0.6) is 0 Å². The van der Waals surface area contributed by atoms with Gasteiger partial charge < -0.3 is 10.4 Å². The van der Waals surface area contributed by atoms with Crippen LogP contribution in [-0.2, 0) is 13.2 Å². The maximum Gasteiger partial charge on any atom is 0.0685 e. The van der Waals surface area contributed by atoms with Crippen molar-refractivity contribution in [1.29, 1.82) is 0 Å². The SMILES string of the molecule is CNCc1c(CO)ccc2ccccc12. The Balaban J connectivity index is 2.67. The molecule has 0 atom stereocenters. The lowest BCUT2D eigenvalue weighted by Gasteiger charge is -2.10. The first-order valence-corrected chi connectivity index (χ1v) is 5.11. The molecule has 0 aliphatic heterocycles. The summed E-state index contributed by atoms with van der Waals surface area (Å²) in [4.78, 5) is 0. The number of hydrogen-bond acceptors (Lipinski definition) is 2. The molecule has 0 amide bonds. The highest BCUT2D eigenvalue weighted by Gasteiger charge is 2.05. The monoisotopic (exact) mass is 201 g/mol. The number of hydrogen-bond donors (Lipinski definition) is 2. The van der Waals surface area contributed by atoms with E-state index in [1.807, 2.05) is 25.2 Å². The Kier molecular flexibility index (Phi) is 2.99. The van der Waals surface area contributed by atoms with Crippen molar-refractivity contribution in [3.63, 3.8) is 0 Å². The van der Waals surface area contributed by atoms with Gasteiger partial charge in [-0.2, -0.15) is 0 Å². The summed E-state index contributed by atoms with van der Waals surface area (Å²) in [6.07, 6.45) is 0.